The number of halogens is 1. The molecule has 0 aliphatic heterocycles. The third kappa shape index (κ3) is 2.74. The fourth-order valence-electron chi connectivity index (χ4n) is 2.16. The molecule has 106 valence electrons. The van der Waals surface area contributed by atoms with Gasteiger partial charge in [-0.3, -0.25) is 0 Å². The van der Waals surface area contributed by atoms with Crippen molar-refractivity contribution < 1.29 is 13.9 Å². The highest BCUT2D eigenvalue weighted by molar-refractivity contribution is 5.72. The molecule has 0 saturated heterocycles. The average molecular weight is 275 g/mol. The van der Waals surface area contributed by atoms with Crippen LogP contribution >= 0.6 is 0 Å². The molecule has 0 atom stereocenters. The largest absolute Gasteiger partial charge is 0.481 e. The summed E-state index contributed by atoms with van der Waals surface area (Å²) in [6.45, 7) is 4.14. The number of pyridine rings is 1. The number of ether oxygens (including phenoxy) is 2. The van der Waals surface area contributed by atoms with Crippen molar-refractivity contribution in [1.82, 2.24) is 4.98 Å². The van der Waals surface area contributed by atoms with Crippen LogP contribution in [-0.2, 0) is 0 Å². The third-order valence-corrected chi connectivity index (χ3v) is 3.16. The zero-order chi connectivity index (χ0) is 14.7. The van der Waals surface area contributed by atoms with E-state index in [1.54, 1.807) is 26.4 Å². The molecule has 1 aromatic heterocycles. The summed E-state index contributed by atoms with van der Waals surface area (Å²) in [6.07, 6.45) is 0. The number of rotatable bonds is 4. The van der Waals surface area contributed by atoms with Gasteiger partial charge in [0.2, 0.25) is 11.8 Å². The van der Waals surface area contributed by atoms with E-state index in [2.05, 4.69) is 18.8 Å². The minimum Gasteiger partial charge on any atom is -0.481 e. The van der Waals surface area contributed by atoms with Gasteiger partial charge in [0.25, 0.3) is 0 Å². The van der Waals surface area contributed by atoms with Crippen molar-refractivity contribution in [2.75, 3.05) is 14.2 Å². The maximum absolute atomic E-state index is 13.6. The summed E-state index contributed by atoms with van der Waals surface area (Å²) in [5, 5.41) is 0. The van der Waals surface area contributed by atoms with Gasteiger partial charge in [0, 0.05) is 11.6 Å². The summed E-state index contributed by atoms with van der Waals surface area (Å²) < 4.78 is 24.0. The van der Waals surface area contributed by atoms with Crippen LogP contribution in [0.1, 0.15) is 25.3 Å². The molecular weight excluding hydrogens is 257 g/mol. The first-order valence-corrected chi connectivity index (χ1v) is 6.45. The molecular formula is C16H18FNO2. The number of nitrogens with zero attached hydrogens (tertiary/aromatic N) is 1. The van der Waals surface area contributed by atoms with Crippen molar-refractivity contribution in [2.45, 2.75) is 19.8 Å². The number of benzene rings is 1. The van der Waals surface area contributed by atoms with Crippen LogP contribution in [0.3, 0.4) is 0 Å². The standard InChI is InChI=1S/C16H18FNO2/c1-10(2)12-6-5-11(17)9-14(12)13-7-8-15(19-3)18-16(13)20-4/h5-10H,1-4H3. The molecule has 0 saturated carbocycles. The van der Waals surface area contributed by atoms with Gasteiger partial charge in [-0.05, 0) is 35.2 Å². The molecule has 0 unspecified atom stereocenters. The molecule has 2 aromatic rings. The molecule has 0 fully saturated rings. The minimum atomic E-state index is -0.276. The number of aromatic nitrogens is 1. The van der Waals surface area contributed by atoms with Gasteiger partial charge in [-0.25, -0.2) is 4.39 Å². The summed E-state index contributed by atoms with van der Waals surface area (Å²) in [4.78, 5) is 4.25. The van der Waals surface area contributed by atoms with E-state index in [0.717, 1.165) is 16.7 Å². The molecule has 0 spiro atoms. The molecule has 0 aliphatic rings. The Morgan fingerprint density at radius 2 is 1.75 bits per heavy atom. The van der Waals surface area contributed by atoms with Crippen LogP contribution < -0.4 is 9.47 Å². The Balaban J connectivity index is 2.64. The zero-order valence-electron chi connectivity index (χ0n) is 12.1. The van der Waals surface area contributed by atoms with Gasteiger partial charge in [0.1, 0.15) is 5.82 Å². The molecule has 4 heteroatoms. The Labute approximate surface area is 118 Å². The zero-order valence-corrected chi connectivity index (χ0v) is 12.1. The number of hydrogen-bond acceptors (Lipinski definition) is 3. The highest BCUT2D eigenvalue weighted by Gasteiger charge is 2.15. The van der Waals surface area contributed by atoms with Gasteiger partial charge in [-0.15, -0.1) is 0 Å². The van der Waals surface area contributed by atoms with E-state index < -0.39 is 0 Å². The van der Waals surface area contributed by atoms with Crippen molar-refractivity contribution in [3.63, 3.8) is 0 Å². The van der Waals surface area contributed by atoms with Crippen molar-refractivity contribution >= 4 is 0 Å². The van der Waals surface area contributed by atoms with Gasteiger partial charge in [0.15, 0.2) is 0 Å². The second-order valence-corrected chi connectivity index (χ2v) is 4.80. The first-order chi connectivity index (χ1) is 9.56. The molecule has 0 N–H and O–H groups in total. The Hall–Kier alpha value is -2.10. The SMILES string of the molecule is COc1ccc(-c2cc(F)ccc2C(C)C)c(OC)n1. The van der Waals surface area contributed by atoms with E-state index in [1.165, 1.54) is 12.1 Å². The molecule has 1 aromatic carbocycles. The normalized spacial score (nSPS) is 10.7. The van der Waals surface area contributed by atoms with Gasteiger partial charge in [-0.1, -0.05) is 19.9 Å². The van der Waals surface area contributed by atoms with Crippen LogP contribution in [0.4, 0.5) is 4.39 Å². The lowest BCUT2D eigenvalue weighted by molar-refractivity contribution is 0.366. The first-order valence-electron chi connectivity index (χ1n) is 6.45. The van der Waals surface area contributed by atoms with Crippen LogP contribution in [0.2, 0.25) is 0 Å². The van der Waals surface area contributed by atoms with E-state index in [1.807, 2.05) is 6.07 Å². The lowest BCUT2D eigenvalue weighted by atomic mass is 9.93. The molecule has 0 aliphatic carbocycles. The van der Waals surface area contributed by atoms with E-state index in [4.69, 9.17) is 9.47 Å². The van der Waals surface area contributed by atoms with E-state index in [9.17, 15) is 4.39 Å². The quantitative estimate of drug-likeness (QED) is 0.844. The summed E-state index contributed by atoms with van der Waals surface area (Å²) in [5.41, 5.74) is 2.61. The van der Waals surface area contributed by atoms with Crippen LogP contribution in [0.25, 0.3) is 11.1 Å². The molecule has 1 heterocycles. The van der Waals surface area contributed by atoms with Crippen LogP contribution in [0.5, 0.6) is 11.8 Å². The van der Waals surface area contributed by atoms with Crippen molar-refractivity contribution in [3.8, 4) is 22.9 Å². The number of methoxy groups -OCH3 is 2. The lowest BCUT2D eigenvalue weighted by Crippen LogP contribution is -1.98. The Bertz CT molecular complexity index is 611. The van der Waals surface area contributed by atoms with Crippen LogP contribution in [-0.4, -0.2) is 19.2 Å². The Kier molecular flexibility index (Phi) is 4.23. The third-order valence-electron chi connectivity index (χ3n) is 3.16. The fraction of sp³-hybridized carbons (Fsp3) is 0.312. The predicted octanol–water partition coefficient (Wildman–Crippen LogP) is 4.03. The van der Waals surface area contributed by atoms with E-state index in [0.29, 0.717) is 11.8 Å². The highest BCUT2D eigenvalue weighted by atomic mass is 19.1. The second kappa shape index (κ2) is 5.90. The van der Waals surface area contributed by atoms with Gasteiger partial charge < -0.3 is 9.47 Å². The predicted molar refractivity (Wildman–Crippen MR) is 76.8 cm³/mol. The summed E-state index contributed by atoms with van der Waals surface area (Å²) >= 11 is 0. The van der Waals surface area contributed by atoms with Crippen LogP contribution in [0, 0.1) is 5.82 Å². The maximum atomic E-state index is 13.6. The molecule has 0 radical (unpaired) electrons. The molecule has 3 nitrogen and oxygen atoms in total. The molecule has 20 heavy (non-hydrogen) atoms. The first kappa shape index (κ1) is 14.3. The average Bonchev–Trinajstić information content (AvgIpc) is 2.46. The maximum Gasteiger partial charge on any atom is 0.224 e. The minimum absolute atomic E-state index is 0.275. The van der Waals surface area contributed by atoms with Crippen molar-refractivity contribution in [2.24, 2.45) is 0 Å². The summed E-state index contributed by atoms with van der Waals surface area (Å²) in [7, 11) is 3.09. The highest BCUT2D eigenvalue weighted by Crippen LogP contribution is 2.35. The van der Waals surface area contributed by atoms with Gasteiger partial charge in [-0.2, -0.15) is 4.98 Å². The van der Waals surface area contributed by atoms with E-state index in [-0.39, 0.29) is 11.7 Å². The fourth-order valence-corrected chi connectivity index (χ4v) is 2.16. The smallest absolute Gasteiger partial charge is 0.224 e. The molecule has 0 amide bonds. The summed E-state index contributed by atoms with van der Waals surface area (Å²) in [6, 6.07) is 8.38. The van der Waals surface area contributed by atoms with Crippen molar-refractivity contribution in [1.29, 1.82) is 0 Å². The summed E-state index contributed by atoms with van der Waals surface area (Å²) in [5.74, 6) is 0.893. The van der Waals surface area contributed by atoms with Gasteiger partial charge in [0.05, 0.1) is 14.2 Å². The second-order valence-electron chi connectivity index (χ2n) is 4.80. The van der Waals surface area contributed by atoms with E-state index >= 15 is 0 Å². The topological polar surface area (TPSA) is 31.4 Å². The Morgan fingerprint density at radius 1 is 1.00 bits per heavy atom. The van der Waals surface area contributed by atoms with Crippen LogP contribution in [0.15, 0.2) is 30.3 Å². The molecule has 0 bridgehead atoms. The molecule has 2 rings (SSSR count). The number of hydrogen-bond donors (Lipinski definition) is 0. The Morgan fingerprint density at radius 3 is 2.35 bits per heavy atom. The lowest BCUT2D eigenvalue weighted by Gasteiger charge is -2.15. The van der Waals surface area contributed by atoms with Crippen molar-refractivity contribution in [3.05, 3.63) is 41.7 Å². The monoisotopic (exact) mass is 275 g/mol. The van der Waals surface area contributed by atoms with Gasteiger partial charge >= 0.3 is 0 Å².